The number of nitrogens with one attached hydrogen (secondary N) is 2. The smallest absolute Gasteiger partial charge is 0.261 e. The minimum atomic E-state index is -1.09. The SMILES string of the molecule is Cc1c(C(=O)NCCO)sc2ncnc(Nc3ccc(F)cc3O[C@@H]3CCCN([S+](C)[O-])C3)c12. The molecule has 34 heavy (non-hydrogen) atoms. The van der Waals surface area contributed by atoms with Gasteiger partial charge in [-0.25, -0.2) is 14.4 Å². The lowest BCUT2D eigenvalue weighted by Gasteiger charge is -2.31. The minimum absolute atomic E-state index is 0.150. The molecule has 182 valence electrons. The first-order valence-electron chi connectivity index (χ1n) is 10.8. The van der Waals surface area contributed by atoms with Gasteiger partial charge in [-0.1, -0.05) is 0 Å². The average Bonchev–Trinajstić information content (AvgIpc) is 3.17. The summed E-state index contributed by atoms with van der Waals surface area (Å²) >= 11 is 0.142. The topological polar surface area (TPSA) is 123 Å². The van der Waals surface area contributed by atoms with E-state index < -0.39 is 17.2 Å². The van der Waals surface area contributed by atoms with Gasteiger partial charge in [0, 0.05) is 30.5 Å². The molecule has 2 aromatic heterocycles. The van der Waals surface area contributed by atoms with Crippen molar-refractivity contribution in [2.24, 2.45) is 0 Å². The highest BCUT2D eigenvalue weighted by molar-refractivity contribution is 7.88. The normalized spacial score (nSPS) is 17.5. The molecule has 4 rings (SSSR count). The molecule has 3 aromatic rings. The third-order valence-corrected chi connectivity index (χ3v) is 7.78. The van der Waals surface area contributed by atoms with Crippen molar-refractivity contribution in [2.75, 3.05) is 37.8 Å². The molecule has 0 aliphatic carbocycles. The summed E-state index contributed by atoms with van der Waals surface area (Å²) in [5.41, 5.74) is 1.23. The number of hydrogen-bond acceptors (Lipinski definition) is 9. The van der Waals surface area contributed by atoms with E-state index in [1.165, 1.54) is 29.8 Å². The maximum absolute atomic E-state index is 14.1. The van der Waals surface area contributed by atoms with E-state index in [1.807, 2.05) is 11.2 Å². The first-order valence-corrected chi connectivity index (χ1v) is 13.2. The van der Waals surface area contributed by atoms with Crippen molar-refractivity contribution in [1.82, 2.24) is 19.6 Å². The molecule has 9 nitrogen and oxygen atoms in total. The van der Waals surface area contributed by atoms with Gasteiger partial charge in [-0.3, -0.25) is 4.79 Å². The van der Waals surface area contributed by atoms with Crippen molar-refractivity contribution in [3.8, 4) is 5.75 Å². The Kier molecular flexibility index (Phi) is 7.84. The van der Waals surface area contributed by atoms with E-state index in [9.17, 15) is 13.7 Å². The second-order valence-electron chi connectivity index (χ2n) is 7.90. The zero-order valence-corrected chi connectivity index (χ0v) is 20.5. The summed E-state index contributed by atoms with van der Waals surface area (Å²) in [5, 5.41) is 15.5. The maximum atomic E-state index is 14.1. The number of ether oxygens (including phenoxy) is 1. The van der Waals surface area contributed by atoms with E-state index in [-0.39, 0.29) is 25.2 Å². The molecular weight excluding hydrogens is 481 g/mol. The molecular formula is C22H26FN5O4S2. The number of rotatable bonds is 8. The predicted molar refractivity (Wildman–Crippen MR) is 131 cm³/mol. The number of hydrogen-bond donors (Lipinski definition) is 3. The molecule has 1 aliphatic rings. The molecule has 0 saturated carbocycles. The zero-order valence-electron chi connectivity index (χ0n) is 18.8. The number of aryl methyl sites for hydroxylation is 1. The molecule has 1 aliphatic heterocycles. The number of amides is 1. The number of piperidine rings is 1. The Morgan fingerprint density at radius 1 is 1.44 bits per heavy atom. The molecule has 1 fully saturated rings. The summed E-state index contributed by atoms with van der Waals surface area (Å²) in [4.78, 5) is 22.2. The van der Waals surface area contributed by atoms with Gasteiger partial charge < -0.3 is 25.0 Å². The van der Waals surface area contributed by atoms with Gasteiger partial charge in [0.1, 0.15) is 40.9 Å². The highest BCUT2D eigenvalue weighted by Gasteiger charge is 2.28. The Balaban J connectivity index is 1.62. The monoisotopic (exact) mass is 507 g/mol. The number of anilines is 2. The van der Waals surface area contributed by atoms with Gasteiger partial charge in [0.25, 0.3) is 5.91 Å². The van der Waals surface area contributed by atoms with Gasteiger partial charge in [0.15, 0.2) is 0 Å². The highest BCUT2D eigenvalue weighted by atomic mass is 32.2. The number of aliphatic hydroxyl groups excluding tert-OH is 1. The average molecular weight is 508 g/mol. The van der Waals surface area contributed by atoms with Crippen molar-refractivity contribution >= 4 is 50.3 Å². The van der Waals surface area contributed by atoms with Crippen LogP contribution in [0.4, 0.5) is 15.9 Å². The summed E-state index contributed by atoms with van der Waals surface area (Å²) in [6.45, 7) is 3.05. The third kappa shape index (κ3) is 5.41. The predicted octanol–water partition coefficient (Wildman–Crippen LogP) is 2.74. The fourth-order valence-electron chi connectivity index (χ4n) is 3.87. The largest absolute Gasteiger partial charge is 0.598 e. The highest BCUT2D eigenvalue weighted by Crippen LogP contribution is 2.37. The molecule has 1 aromatic carbocycles. The number of fused-ring (bicyclic) bond motifs is 1. The van der Waals surface area contributed by atoms with Crippen LogP contribution in [0.3, 0.4) is 0 Å². The number of aliphatic hydroxyl groups is 1. The Labute approximate surface area is 203 Å². The molecule has 1 unspecified atom stereocenters. The van der Waals surface area contributed by atoms with Gasteiger partial charge in [-0.05, 0) is 37.5 Å². The van der Waals surface area contributed by atoms with Crippen LogP contribution in [0.5, 0.6) is 5.75 Å². The summed E-state index contributed by atoms with van der Waals surface area (Å²) < 4.78 is 34.0. The number of halogens is 1. The fourth-order valence-corrected chi connectivity index (χ4v) is 5.70. The van der Waals surface area contributed by atoms with Crippen molar-refractivity contribution < 1.29 is 23.6 Å². The molecule has 1 amide bonds. The summed E-state index contributed by atoms with van der Waals surface area (Å²) in [6, 6.07) is 4.22. The zero-order chi connectivity index (χ0) is 24.2. The van der Waals surface area contributed by atoms with Gasteiger partial charge >= 0.3 is 0 Å². The Morgan fingerprint density at radius 2 is 2.26 bits per heavy atom. The van der Waals surface area contributed by atoms with Crippen LogP contribution in [-0.4, -0.2) is 68.4 Å². The molecule has 3 heterocycles. The van der Waals surface area contributed by atoms with Gasteiger partial charge in [-0.2, -0.15) is 0 Å². The number of carbonyl (C=O) groups is 1. The van der Waals surface area contributed by atoms with Crippen LogP contribution in [0.25, 0.3) is 10.2 Å². The lowest BCUT2D eigenvalue weighted by Crippen LogP contribution is -2.43. The number of benzene rings is 1. The van der Waals surface area contributed by atoms with Gasteiger partial charge in [0.2, 0.25) is 0 Å². The Hall–Kier alpha value is -2.51. The molecule has 12 heteroatoms. The van der Waals surface area contributed by atoms with Crippen LogP contribution in [-0.2, 0) is 11.4 Å². The number of thiophene rings is 1. The number of aromatic nitrogens is 2. The Bertz CT molecular complexity index is 1180. The molecule has 0 bridgehead atoms. The van der Waals surface area contributed by atoms with Gasteiger partial charge in [-0.15, -0.1) is 15.6 Å². The number of nitrogens with zero attached hydrogens (tertiary/aromatic N) is 3. The standard InChI is InChI=1S/C22H26FN5O4S2/c1-13-18-20(25-12-26-22(18)33-19(13)21(30)24-7-9-29)27-16-6-5-14(23)10-17(16)32-15-4-3-8-28(11-15)34(2)31/h5-6,10,12,15,29H,3-4,7-9,11H2,1-2H3,(H,24,30)(H,25,26,27)/t15-,34?/m1/s1. The van der Waals surface area contributed by atoms with E-state index in [4.69, 9.17) is 9.84 Å². The Morgan fingerprint density at radius 3 is 3.03 bits per heavy atom. The lowest BCUT2D eigenvalue weighted by molar-refractivity contribution is 0.0948. The van der Waals surface area contributed by atoms with Crippen molar-refractivity contribution in [2.45, 2.75) is 25.9 Å². The molecule has 3 N–H and O–H groups in total. The second kappa shape index (κ2) is 10.8. The second-order valence-corrected chi connectivity index (χ2v) is 10.3. The van der Waals surface area contributed by atoms with Crippen LogP contribution < -0.4 is 15.4 Å². The summed E-state index contributed by atoms with van der Waals surface area (Å²) in [7, 11) is 0. The van der Waals surface area contributed by atoms with Crippen LogP contribution in [0, 0.1) is 12.7 Å². The van der Waals surface area contributed by atoms with Gasteiger partial charge in [0.05, 0.1) is 29.1 Å². The quantitative estimate of drug-likeness (QED) is 0.398. The first-order chi connectivity index (χ1) is 16.4. The van der Waals surface area contributed by atoms with E-state index in [1.54, 1.807) is 12.3 Å². The summed E-state index contributed by atoms with van der Waals surface area (Å²) in [5.74, 6) is 0.0711. The number of carbonyl (C=O) groups excluding carboxylic acids is 1. The molecule has 0 spiro atoms. The van der Waals surface area contributed by atoms with Crippen LogP contribution in [0.2, 0.25) is 0 Å². The van der Waals surface area contributed by atoms with Crippen molar-refractivity contribution in [1.29, 1.82) is 0 Å². The minimum Gasteiger partial charge on any atom is -0.598 e. The van der Waals surface area contributed by atoms with Crippen LogP contribution in [0.15, 0.2) is 24.5 Å². The van der Waals surface area contributed by atoms with E-state index >= 15 is 0 Å². The van der Waals surface area contributed by atoms with E-state index in [0.717, 1.165) is 19.4 Å². The maximum Gasteiger partial charge on any atom is 0.261 e. The van der Waals surface area contributed by atoms with Crippen LogP contribution >= 0.6 is 11.3 Å². The molecule has 2 atom stereocenters. The van der Waals surface area contributed by atoms with E-state index in [2.05, 4.69) is 20.6 Å². The van der Waals surface area contributed by atoms with Crippen molar-refractivity contribution in [3.05, 3.63) is 40.8 Å². The van der Waals surface area contributed by atoms with Crippen molar-refractivity contribution in [3.63, 3.8) is 0 Å². The van der Waals surface area contributed by atoms with Crippen LogP contribution in [0.1, 0.15) is 28.1 Å². The first kappa shape index (κ1) is 24.6. The van der Waals surface area contributed by atoms with E-state index in [0.29, 0.717) is 44.5 Å². The third-order valence-electron chi connectivity index (χ3n) is 5.53. The summed E-state index contributed by atoms with van der Waals surface area (Å²) in [6.07, 6.45) is 4.42. The molecule has 0 radical (unpaired) electrons. The fraction of sp³-hybridized carbons (Fsp3) is 0.409. The lowest BCUT2D eigenvalue weighted by atomic mass is 10.1. The molecule has 1 saturated heterocycles.